The normalized spacial score (nSPS) is 12.6. The van der Waals surface area contributed by atoms with Crippen LogP contribution in [0, 0.1) is 0 Å². The summed E-state index contributed by atoms with van der Waals surface area (Å²) in [4.78, 5) is 11.6. The zero-order chi connectivity index (χ0) is 15.2. The quantitative estimate of drug-likeness (QED) is 0.775. The number of fused-ring (bicyclic) bond motifs is 1. The molecule has 6 heteroatoms. The molecular weight excluding hydrogens is 274 g/mol. The topological polar surface area (TPSA) is 66.0 Å². The highest BCUT2D eigenvalue weighted by atomic mass is 16.7. The highest BCUT2D eigenvalue weighted by Crippen LogP contribution is 2.38. The van der Waals surface area contributed by atoms with Crippen molar-refractivity contribution in [2.45, 2.75) is 33.4 Å². The minimum atomic E-state index is -0.392. The maximum atomic E-state index is 11.6. The fraction of sp³-hybridized carbons (Fsp3) is 0.533. The molecule has 0 atom stereocenters. The first-order chi connectivity index (χ1) is 10.1. The molecule has 0 aliphatic carbocycles. The number of hydrogen-bond donors (Lipinski definition) is 1. The molecular formula is C15H21NO5. The van der Waals surface area contributed by atoms with E-state index in [1.165, 1.54) is 0 Å². The summed E-state index contributed by atoms with van der Waals surface area (Å²) in [7, 11) is 0. The lowest BCUT2D eigenvalue weighted by Gasteiger charge is -2.13. The minimum Gasteiger partial charge on any atom is -0.481 e. The molecule has 1 heterocycles. The van der Waals surface area contributed by atoms with E-state index in [1.54, 1.807) is 19.9 Å². The van der Waals surface area contributed by atoms with Crippen molar-refractivity contribution in [3.63, 3.8) is 0 Å². The Hall–Kier alpha value is -1.95. The predicted octanol–water partition coefficient (Wildman–Crippen LogP) is 1.86. The van der Waals surface area contributed by atoms with Crippen LogP contribution in [0.15, 0.2) is 12.1 Å². The standard InChI is InChI=1S/C15H21NO5/c1-4-16-7-11-5-13-14(20-9-19-13)6-12(11)18-8-15(17)21-10(2)3/h5-6,10,16H,4,7-9H2,1-3H3. The van der Waals surface area contributed by atoms with Crippen molar-refractivity contribution in [1.82, 2.24) is 5.32 Å². The summed E-state index contributed by atoms with van der Waals surface area (Å²) >= 11 is 0. The third-order valence-corrected chi connectivity index (χ3v) is 2.83. The van der Waals surface area contributed by atoms with E-state index in [-0.39, 0.29) is 19.5 Å². The molecule has 0 amide bonds. The van der Waals surface area contributed by atoms with Gasteiger partial charge in [-0.05, 0) is 26.5 Å². The van der Waals surface area contributed by atoms with Gasteiger partial charge in [0.05, 0.1) is 6.10 Å². The zero-order valence-corrected chi connectivity index (χ0v) is 12.6. The maximum Gasteiger partial charge on any atom is 0.344 e. The second-order valence-corrected chi connectivity index (χ2v) is 4.92. The van der Waals surface area contributed by atoms with Gasteiger partial charge in [-0.2, -0.15) is 0 Å². The summed E-state index contributed by atoms with van der Waals surface area (Å²) < 4.78 is 21.3. The van der Waals surface area contributed by atoms with Crippen LogP contribution in [0.4, 0.5) is 0 Å². The van der Waals surface area contributed by atoms with Gasteiger partial charge in [-0.25, -0.2) is 4.79 Å². The van der Waals surface area contributed by atoms with Crippen LogP contribution in [-0.4, -0.2) is 32.0 Å². The molecule has 0 fully saturated rings. The van der Waals surface area contributed by atoms with Crippen LogP contribution >= 0.6 is 0 Å². The molecule has 0 saturated carbocycles. The van der Waals surface area contributed by atoms with Gasteiger partial charge in [-0.15, -0.1) is 0 Å². The van der Waals surface area contributed by atoms with Gasteiger partial charge in [-0.3, -0.25) is 0 Å². The largest absolute Gasteiger partial charge is 0.481 e. The van der Waals surface area contributed by atoms with Crippen molar-refractivity contribution in [3.8, 4) is 17.2 Å². The summed E-state index contributed by atoms with van der Waals surface area (Å²) in [6.45, 7) is 7.16. The third kappa shape index (κ3) is 4.26. The molecule has 0 radical (unpaired) electrons. The lowest BCUT2D eigenvalue weighted by Crippen LogP contribution is -2.20. The number of benzene rings is 1. The lowest BCUT2D eigenvalue weighted by molar-refractivity contribution is -0.149. The average Bonchev–Trinajstić information content (AvgIpc) is 2.88. The SMILES string of the molecule is CCNCc1cc2c(cc1OCC(=O)OC(C)C)OCO2. The first kappa shape index (κ1) is 15.4. The van der Waals surface area contributed by atoms with Crippen LogP contribution in [0.2, 0.25) is 0 Å². The van der Waals surface area contributed by atoms with E-state index < -0.39 is 5.97 Å². The van der Waals surface area contributed by atoms with E-state index in [1.807, 2.05) is 13.0 Å². The molecule has 6 nitrogen and oxygen atoms in total. The monoisotopic (exact) mass is 295 g/mol. The Bertz CT molecular complexity index is 501. The van der Waals surface area contributed by atoms with E-state index >= 15 is 0 Å². The van der Waals surface area contributed by atoms with Crippen LogP contribution in [0.25, 0.3) is 0 Å². The molecule has 1 N–H and O–H groups in total. The molecule has 0 aromatic heterocycles. The van der Waals surface area contributed by atoms with Crippen molar-refractivity contribution in [2.75, 3.05) is 19.9 Å². The molecule has 0 bridgehead atoms. The second kappa shape index (κ2) is 7.17. The average molecular weight is 295 g/mol. The van der Waals surface area contributed by atoms with Gasteiger partial charge in [0, 0.05) is 18.2 Å². The maximum absolute atomic E-state index is 11.6. The summed E-state index contributed by atoms with van der Waals surface area (Å²) in [6, 6.07) is 3.62. The highest BCUT2D eigenvalue weighted by Gasteiger charge is 2.18. The molecule has 21 heavy (non-hydrogen) atoms. The number of carbonyl (C=O) groups is 1. The molecule has 116 valence electrons. The Balaban J connectivity index is 2.07. The Labute approximate surface area is 124 Å². The van der Waals surface area contributed by atoms with E-state index in [2.05, 4.69) is 5.32 Å². The molecule has 1 aliphatic heterocycles. The molecule has 0 spiro atoms. The zero-order valence-electron chi connectivity index (χ0n) is 12.6. The van der Waals surface area contributed by atoms with Crippen LogP contribution in [0.1, 0.15) is 26.3 Å². The van der Waals surface area contributed by atoms with Gasteiger partial charge < -0.3 is 24.3 Å². The number of hydrogen-bond acceptors (Lipinski definition) is 6. The number of esters is 1. The van der Waals surface area contributed by atoms with Crippen LogP contribution in [-0.2, 0) is 16.1 Å². The Morgan fingerprint density at radius 2 is 2.05 bits per heavy atom. The number of ether oxygens (including phenoxy) is 4. The molecule has 1 aromatic rings. The molecule has 0 unspecified atom stereocenters. The number of nitrogens with one attached hydrogen (secondary N) is 1. The van der Waals surface area contributed by atoms with Gasteiger partial charge in [0.25, 0.3) is 0 Å². The fourth-order valence-corrected chi connectivity index (χ4v) is 1.93. The molecule has 2 rings (SSSR count). The van der Waals surface area contributed by atoms with E-state index in [0.717, 1.165) is 12.1 Å². The fourth-order valence-electron chi connectivity index (χ4n) is 1.93. The Kier molecular flexibility index (Phi) is 5.27. The first-order valence-corrected chi connectivity index (χ1v) is 7.05. The van der Waals surface area contributed by atoms with Crippen molar-refractivity contribution >= 4 is 5.97 Å². The smallest absolute Gasteiger partial charge is 0.344 e. The van der Waals surface area contributed by atoms with E-state index in [9.17, 15) is 4.79 Å². The van der Waals surface area contributed by atoms with Crippen LogP contribution in [0.5, 0.6) is 17.2 Å². The lowest BCUT2D eigenvalue weighted by atomic mass is 10.1. The van der Waals surface area contributed by atoms with Gasteiger partial charge in [0.15, 0.2) is 18.1 Å². The van der Waals surface area contributed by atoms with Gasteiger partial charge >= 0.3 is 5.97 Å². The molecule has 1 aliphatic rings. The minimum absolute atomic E-state index is 0.128. The highest BCUT2D eigenvalue weighted by molar-refractivity contribution is 5.71. The van der Waals surface area contributed by atoms with Gasteiger partial charge in [0.1, 0.15) is 5.75 Å². The Morgan fingerprint density at radius 3 is 2.71 bits per heavy atom. The number of rotatable bonds is 7. The second-order valence-electron chi connectivity index (χ2n) is 4.92. The summed E-state index contributed by atoms with van der Waals surface area (Å²) in [5.41, 5.74) is 0.915. The third-order valence-electron chi connectivity index (χ3n) is 2.83. The predicted molar refractivity (Wildman–Crippen MR) is 76.7 cm³/mol. The van der Waals surface area contributed by atoms with Crippen LogP contribution in [0.3, 0.4) is 0 Å². The van der Waals surface area contributed by atoms with Crippen molar-refractivity contribution < 1.29 is 23.7 Å². The van der Waals surface area contributed by atoms with E-state index in [0.29, 0.717) is 23.8 Å². The van der Waals surface area contributed by atoms with Crippen molar-refractivity contribution in [3.05, 3.63) is 17.7 Å². The summed E-state index contributed by atoms with van der Waals surface area (Å²) in [6.07, 6.45) is -0.154. The first-order valence-electron chi connectivity index (χ1n) is 7.05. The molecule has 0 saturated heterocycles. The van der Waals surface area contributed by atoms with E-state index in [4.69, 9.17) is 18.9 Å². The van der Waals surface area contributed by atoms with Crippen LogP contribution < -0.4 is 19.5 Å². The van der Waals surface area contributed by atoms with Crippen molar-refractivity contribution in [2.24, 2.45) is 0 Å². The molecule has 1 aromatic carbocycles. The Morgan fingerprint density at radius 1 is 1.33 bits per heavy atom. The van der Waals surface area contributed by atoms with Gasteiger partial charge in [-0.1, -0.05) is 6.92 Å². The summed E-state index contributed by atoms with van der Waals surface area (Å²) in [5.74, 6) is 1.53. The van der Waals surface area contributed by atoms with Gasteiger partial charge in [0.2, 0.25) is 6.79 Å². The van der Waals surface area contributed by atoms with Crippen molar-refractivity contribution in [1.29, 1.82) is 0 Å². The number of carbonyl (C=O) groups excluding carboxylic acids is 1. The summed E-state index contributed by atoms with van der Waals surface area (Å²) in [5, 5.41) is 3.22.